The minimum Gasteiger partial charge on any atom is -0.346 e. The van der Waals surface area contributed by atoms with E-state index in [9.17, 15) is 4.79 Å². The van der Waals surface area contributed by atoms with Crippen molar-refractivity contribution in [2.75, 3.05) is 6.54 Å². The lowest BCUT2D eigenvalue weighted by atomic mass is 9.89. The van der Waals surface area contributed by atoms with Crippen LogP contribution in [0.25, 0.3) is 0 Å². The second-order valence-electron chi connectivity index (χ2n) is 6.19. The Labute approximate surface area is 110 Å². The van der Waals surface area contributed by atoms with Crippen LogP contribution in [0.4, 0.5) is 0 Å². The lowest BCUT2D eigenvalue weighted by Crippen LogP contribution is -2.49. The van der Waals surface area contributed by atoms with Gasteiger partial charge in [-0.25, -0.2) is 0 Å². The average molecular weight is 248 g/mol. The molecule has 0 fully saturated rings. The predicted molar refractivity (Wildman–Crippen MR) is 75.1 cm³/mol. The Morgan fingerprint density at radius 1 is 1.17 bits per heavy atom. The molecule has 1 rings (SSSR count). The van der Waals surface area contributed by atoms with Crippen molar-refractivity contribution in [3.63, 3.8) is 0 Å². The second kappa shape index (κ2) is 5.53. The molecule has 0 aliphatic rings. The number of nitrogens with two attached hydrogens (primary N) is 1. The van der Waals surface area contributed by atoms with Crippen LogP contribution in [0.3, 0.4) is 0 Å². The Kier molecular flexibility index (Phi) is 4.52. The quantitative estimate of drug-likeness (QED) is 0.859. The van der Waals surface area contributed by atoms with Gasteiger partial charge in [0.05, 0.1) is 5.54 Å². The van der Waals surface area contributed by atoms with E-state index in [1.165, 1.54) is 0 Å². The first-order valence-electron chi connectivity index (χ1n) is 6.33. The van der Waals surface area contributed by atoms with Crippen LogP contribution in [0.15, 0.2) is 30.3 Å². The summed E-state index contributed by atoms with van der Waals surface area (Å²) in [6.07, 6.45) is 0.495. The fourth-order valence-corrected chi connectivity index (χ4v) is 1.88. The van der Waals surface area contributed by atoms with E-state index in [-0.39, 0.29) is 11.3 Å². The number of carbonyl (C=O) groups is 1. The number of nitrogens with one attached hydrogen (secondary N) is 1. The van der Waals surface area contributed by atoms with E-state index < -0.39 is 5.54 Å². The van der Waals surface area contributed by atoms with Crippen LogP contribution in [-0.2, 0) is 10.3 Å². The monoisotopic (exact) mass is 248 g/mol. The molecule has 1 atom stereocenters. The lowest BCUT2D eigenvalue weighted by molar-refractivity contribution is -0.124. The van der Waals surface area contributed by atoms with E-state index in [1.54, 1.807) is 0 Å². The topological polar surface area (TPSA) is 55.1 Å². The van der Waals surface area contributed by atoms with E-state index in [1.807, 2.05) is 37.3 Å². The van der Waals surface area contributed by atoms with Crippen LogP contribution in [0, 0.1) is 5.41 Å². The van der Waals surface area contributed by atoms with Gasteiger partial charge in [-0.15, -0.1) is 0 Å². The number of carbonyl (C=O) groups excluding carboxylic acids is 1. The maximum atomic E-state index is 12.0. The summed E-state index contributed by atoms with van der Waals surface area (Å²) in [6, 6.07) is 9.85. The maximum absolute atomic E-state index is 12.0. The molecule has 1 amide bonds. The summed E-state index contributed by atoms with van der Waals surface area (Å²) in [7, 11) is 0. The van der Waals surface area contributed by atoms with Crippen LogP contribution in [0.5, 0.6) is 0 Å². The van der Waals surface area contributed by atoms with E-state index >= 15 is 0 Å². The van der Waals surface area contributed by atoms with Crippen molar-refractivity contribution in [3.8, 4) is 0 Å². The van der Waals surface area contributed by atoms with Crippen molar-refractivity contribution < 1.29 is 4.79 Å². The van der Waals surface area contributed by atoms with Gasteiger partial charge in [0, 0.05) is 13.0 Å². The minimum absolute atomic E-state index is 0.0176. The highest BCUT2D eigenvalue weighted by Crippen LogP contribution is 2.22. The average Bonchev–Trinajstić information content (AvgIpc) is 2.27. The van der Waals surface area contributed by atoms with E-state index in [2.05, 4.69) is 26.1 Å². The molecule has 100 valence electrons. The molecule has 0 heterocycles. The van der Waals surface area contributed by atoms with Gasteiger partial charge in [0.25, 0.3) is 0 Å². The first-order chi connectivity index (χ1) is 8.27. The zero-order chi connectivity index (χ0) is 13.8. The molecule has 0 saturated carbocycles. The smallest absolute Gasteiger partial charge is 0.221 e. The van der Waals surface area contributed by atoms with Crippen molar-refractivity contribution in [2.24, 2.45) is 11.1 Å². The largest absolute Gasteiger partial charge is 0.346 e. The highest BCUT2D eigenvalue weighted by Gasteiger charge is 2.28. The lowest BCUT2D eigenvalue weighted by Gasteiger charge is -2.31. The van der Waals surface area contributed by atoms with Crippen molar-refractivity contribution in [1.82, 2.24) is 5.32 Å². The highest BCUT2D eigenvalue weighted by atomic mass is 16.1. The number of rotatable bonds is 4. The Hall–Kier alpha value is -1.35. The van der Waals surface area contributed by atoms with Gasteiger partial charge in [-0.1, -0.05) is 51.1 Å². The molecule has 0 radical (unpaired) electrons. The summed E-state index contributed by atoms with van der Waals surface area (Å²) >= 11 is 0. The number of hydrogen-bond acceptors (Lipinski definition) is 2. The summed E-state index contributed by atoms with van der Waals surface area (Å²) in [5, 5.41) is 3.05. The molecule has 1 aromatic carbocycles. The van der Waals surface area contributed by atoms with Gasteiger partial charge in [-0.05, 0) is 17.9 Å². The molecule has 3 nitrogen and oxygen atoms in total. The van der Waals surface area contributed by atoms with Crippen molar-refractivity contribution in [1.29, 1.82) is 0 Å². The minimum atomic E-state index is -0.496. The standard InChI is InChI=1S/C15H24N2O/c1-14(2,3)10-13(18)17-15(4,11-16)12-8-6-5-7-9-12/h5-9H,10-11,16H2,1-4H3,(H,17,18). The fourth-order valence-electron chi connectivity index (χ4n) is 1.88. The van der Waals surface area contributed by atoms with Gasteiger partial charge in [0.2, 0.25) is 5.91 Å². The van der Waals surface area contributed by atoms with Crippen molar-refractivity contribution >= 4 is 5.91 Å². The zero-order valence-corrected chi connectivity index (χ0v) is 11.8. The number of benzene rings is 1. The van der Waals surface area contributed by atoms with Crippen LogP contribution < -0.4 is 11.1 Å². The van der Waals surface area contributed by atoms with Gasteiger partial charge in [-0.3, -0.25) is 4.79 Å². The first-order valence-corrected chi connectivity index (χ1v) is 6.33. The Morgan fingerprint density at radius 3 is 2.17 bits per heavy atom. The third-order valence-electron chi connectivity index (χ3n) is 2.93. The number of hydrogen-bond donors (Lipinski definition) is 2. The molecule has 0 aromatic heterocycles. The van der Waals surface area contributed by atoms with Crippen LogP contribution >= 0.6 is 0 Å². The summed E-state index contributed by atoms with van der Waals surface area (Å²) in [4.78, 5) is 12.0. The molecule has 3 N–H and O–H groups in total. The Morgan fingerprint density at radius 2 is 1.72 bits per heavy atom. The molecular weight excluding hydrogens is 224 g/mol. The molecule has 0 saturated heterocycles. The van der Waals surface area contributed by atoms with Gasteiger partial charge < -0.3 is 11.1 Å². The number of amides is 1. The zero-order valence-electron chi connectivity index (χ0n) is 11.8. The van der Waals surface area contributed by atoms with Gasteiger partial charge in [-0.2, -0.15) is 0 Å². The highest BCUT2D eigenvalue weighted by molar-refractivity contribution is 5.77. The molecule has 0 spiro atoms. The van der Waals surface area contributed by atoms with Crippen LogP contribution in [-0.4, -0.2) is 12.5 Å². The maximum Gasteiger partial charge on any atom is 0.221 e. The molecule has 0 aliphatic carbocycles. The van der Waals surface area contributed by atoms with Gasteiger partial charge in [0.1, 0.15) is 0 Å². The fraction of sp³-hybridized carbons (Fsp3) is 0.533. The molecule has 18 heavy (non-hydrogen) atoms. The summed E-state index contributed by atoms with van der Waals surface area (Å²) in [5.74, 6) is 0.0410. The van der Waals surface area contributed by atoms with E-state index in [0.29, 0.717) is 13.0 Å². The molecule has 3 heteroatoms. The second-order valence-corrected chi connectivity index (χ2v) is 6.19. The van der Waals surface area contributed by atoms with Crippen LogP contribution in [0.2, 0.25) is 0 Å². The van der Waals surface area contributed by atoms with E-state index in [0.717, 1.165) is 5.56 Å². The molecule has 0 bridgehead atoms. The SMILES string of the molecule is CC(C)(C)CC(=O)NC(C)(CN)c1ccccc1. The molecule has 0 aliphatic heterocycles. The van der Waals surface area contributed by atoms with Crippen LogP contribution in [0.1, 0.15) is 39.7 Å². The van der Waals surface area contributed by atoms with Gasteiger partial charge in [0.15, 0.2) is 0 Å². The molecule has 1 unspecified atom stereocenters. The Bertz CT molecular complexity index is 395. The summed E-state index contributed by atoms with van der Waals surface area (Å²) < 4.78 is 0. The van der Waals surface area contributed by atoms with Crippen molar-refractivity contribution in [2.45, 2.75) is 39.7 Å². The first kappa shape index (κ1) is 14.7. The molecule has 1 aromatic rings. The van der Waals surface area contributed by atoms with E-state index in [4.69, 9.17) is 5.73 Å². The predicted octanol–water partition coefficient (Wildman–Crippen LogP) is 2.41. The van der Waals surface area contributed by atoms with Gasteiger partial charge >= 0.3 is 0 Å². The summed E-state index contributed by atoms with van der Waals surface area (Å²) in [6.45, 7) is 8.49. The molecular formula is C15H24N2O. The van der Waals surface area contributed by atoms with Crippen molar-refractivity contribution in [3.05, 3.63) is 35.9 Å². The summed E-state index contributed by atoms with van der Waals surface area (Å²) in [5.41, 5.74) is 6.36. The third-order valence-corrected chi connectivity index (χ3v) is 2.93. The normalized spacial score (nSPS) is 14.9. The Balaban J connectivity index is 2.81. The third kappa shape index (κ3) is 4.15.